The zero-order valence-corrected chi connectivity index (χ0v) is 14.8. The molecule has 1 heterocycles. The van der Waals surface area contributed by atoms with Crippen LogP contribution in [0.1, 0.15) is 6.42 Å². The molecule has 2 aromatic carbocycles. The molecule has 0 saturated carbocycles. The van der Waals surface area contributed by atoms with Gasteiger partial charge in [0, 0.05) is 22.1 Å². The summed E-state index contributed by atoms with van der Waals surface area (Å²) >= 11 is 11.8. The third kappa shape index (κ3) is 4.09. The van der Waals surface area contributed by atoms with Crippen molar-refractivity contribution in [2.45, 2.75) is 12.5 Å². The maximum Gasteiger partial charge on any atom is 0.345 e. The average Bonchev–Trinajstić information content (AvgIpc) is 2.99. The fourth-order valence-electron chi connectivity index (χ4n) is 2.35. The molecular weight excluding hydrogens is 381 g/mol. The highest BCUT2D eigenvalue weighted by Gasteiger charge is 2.26. The Balaban J connectivity index is 1.71. The number of ether oxygens (including phenoxy) is 2. The normalized spacial score (nSPS) is 11.9. The molecule has 0 aliphatic heterocycles. The number of fused-ring (bicyclic) bond motifs is 1. The number of hydrogen-bond donors (Lipinski definition) is 2. The molecule has 0 spiro atoms. The number of benzene rings is 2. The molecule has 0 amide bonds. The van der Waals surface area contributed by atoms with E-state index < -0.39 is 24.5 Å². The smallest absolute Gasteiger partial charge is 0.345 e. The van der Waals surface area contributed by atoms with E-state index in [1.54, 1.807) is 12.1 Å². The number of carbonyl (C=O) groups excluding carboxylic acids is 1. The Kier molecular flexibility index (Phi) is 5.35. The molecule has 0 aliphatic rings. The Bertz CT molecular complexity index is 969. The first-order chi connectivity index (χ1) is 12.4. The Labute approximate surface area is 158 Å². The maximum absolute atomic E-state index is 12.2. The number of para-hydroxylation sites is 1. The van der Waals surface area contributed by atoms with Gasteiger partial charge in [0.15, 0.2) is 5.75 Å². The lowest BCUT2D eigenvalue weighted by atomic mass is 10.2. The van der Waals surface area contributed by atoms with E-state index in [1.807, 2.05) is 12.1 Å². The number of carboxylic acid groups (broad SMARTS) is 1. The number of aromatic nitrogens is 1. The van der Waals surface area contributed by atoms with Crippen molar-refractivity contribution in [1.29, 1.82) is 0 Å². The summed E-state index contributed by atoms with van der Waals surface area (Å²) in [6.07, 6.45) is -0.408. The van der Waals surface area contributed by atoms with E-state index in [-0.39, 0.29) is 10.8 Å². The highest BCUT2D eigenvalue weighted by Crippen LogP contribution is 2.29. The number of esters is 1. The molecule has 3 rings (SSSR count). The Morgan fingerprint density at radius 3 is 2.62 bits per heavy atom. The Hall–Kier alpha value is -2.70. The van der Waals surface area contributed by atoms with Crippen molar-refractivity contribution in [2.24, 2.45) is 0 Å². The largest absolute Gasteiger partial charge is 0.478 e. The van der Waals surface area contributed by atoms with Gasteiger partial charge in [-0.2, -0.15) is 0 Å². The highest BCUT2D eigenvalue weighted by atomic mass is 35.5. The predicted octanol–water partition coefficient (Wildman–Crippen LogP) is 4.30. The van der Waals surface area contributed by atoms with Gasteiger partial charge >= 0.3 is 11.9 Å². The van der Waals surface area contributed by atoms with Crippen molar-refractivity contribution in [3.63, 3.8) is 0 Å². The number of aliphatic carboxylic acids is 1. The van der Waals surface area contributed by atoms with Crippen molar-refractivity contribution in [2.75, 3.05) is 0 Å². The van der Waals surface area contributed by atoms with Gasteiger partial charge in [0.2, 0.25) is 6.10 Å². The molecule has 2 N–H and O–H groups in total. The van der Waals surface area contributed by atoms with E-state index in [2.05, 4.69) is 4.98 Å². The van der Waals surface area contributed by atoms with Crippen LogP contribution in [0.15, 0.2) is 48.7 Å². The fraction of sp³-hybridized carbons (Fsp3) is 0.111. The minimum atomic E-state index is -1.45. The van der Waals surface area contributed by atoms with Crippen molar-refractivity contribution < 1.29 is 24.2 Å². The van der Waals surface area contributed by atoms with Crippen molar-refractivity contribution >= 4 is 46.0 Å². The standard InChI is InChI=1S/C18H13Cl2NO5/c19-10-5-6-14(12(20)7-10)25-15(18(23)24)8-17(22)26-16-9-21-13-4-2-1-3-11(13)16/h1-7,9,15,21H,8H2,(H,23,24). The van der Waals surface area contributed by atoms with E-state index in [1.165, 1.54) is 24.4 Å². The summed E-state index contributed by atoms with van der Waals surface area (Å²) in [6.45, 7) is 0. The molecule has 3 aromatic rings. The van der Waals surface area contributed by atoms with Crippen molar-refractivity contribution in [1.82, 2.24) is 4.98 Å². The van der Waals surface area contributed by atoms with Crippen LogP contribution in [0, 0.1) is 0 Å². The maximum atomic E-state index is 12.2. The van der Waals surface area contributed by atoms with Crippen molar-refractivity contribution in [3.8, 4) is 11.5 Å². The summed E-state index contributed by atoms with van der Waals surface area (Å²) in [7, 11) is 0. The van der Waals surface area contributed by atoms with Crippen LogP contribution in [0.2, 0.25) is 10.0 Å². The van der Waals surface area contributed by atoms with Gasteiger partial charge < -0.3 is 19.6 Å². The number of nitrogens with one attached hydrogen (secondary N) is 1. The molecule has 0 aliphatic carbocycles. The lowest BCUT2D eigenvalue weighted by Gasteiger charge is -2.15. The molecule has 134 valence electrons. The third-order valence-corrected chi connectivity index (χ3v) is 4.10. The number of aromatic amines is 1. The summed E-state index contributed by atoms with van der Waals surface area (Å²) < 4.78 is 10.6. The number of carbonyl (C=O) groups is 2. The quantitative estimate of drug-likeness (QED) is 0.609. The lowest BCUT2D eigenvalue weighted by molar-refractivity contribution is -0.150. The van der Waals surface area contributed by atoms with Crippen LogP contribution in [0.4, 0.5) is 0 Å². The molecular formula is C18H13Cl2NO5. The Morgan fingerprint density at radius 1 is 1.12 bits per heavy atom. The molecule has 0 fully saturated rings. The molecule has 1 atom stereocenters. The topological polar surface area (TPSA) is 88.6 Å². The second kappa shape index (κ2) is 7.68. The predicted molar refractivity (Wildman–Crippen MR) is 97.1 cm³/mol. The van der Waals surface area contributed by atoms with E-state index in [0.717, 1.165) is 10.9 Å². The van der Waals surface area contributed by atoms with Gasteiger partial charge in [-0.1, -0.05) is 35.3 Å². The first-order valence-electron chi connectivity index (χ1n) is 7.55. The molecule has 0 radical (unpaired) electrons. The fourth-order valence-corrected chi connectivity index (χ4v) is 2.80. The second-order valence-electron chi connectivity index (χ2n) is 5.40. The molecule has 1 unspecified atom stereocenters. The van der Waals surface area contributed by atoms with Gasteiger partial charge in [-0.05, 0) is 30.3 Å². The molecule has 26 heavy (non-hydrogen) atoms. The summed E-state index contributed by atoms with van der Waals surface area (Å²) in [4.78, 5) is 26.6. The van der Waals surface area contributed by atoms with E-state index in [4.69, 9.17) is 32.7 Å². The monoisotopic (exact) mass is 393 g/mol. The van der Waals surface area contributed by atoms with Gasteiger partial charge in [0.25, 0.3) is 0 Å². The summed E-state index contributed by atoms with van der Waals surface area (Å²) in [5.41, 5.74) is 0.800. The van der Waals surface area contributed by atoms with Gasteiger partial charge in [-0.3, -0.25) is 4.79 Å². The number of H-pyrrole nitrogens is 1. The molecule has 1 aromatic heterocycles. The van der Waals surface area contributed by atoms with Crippen LogP contribution in [0.25, 0.3) is 10.9 Å². The van der Waals surface area contributed by atoms with Gasteiger partial charge in [-0.15, -0.1) is 0 Å². The first kappa shape index (κ1) is 18.1. The molecule has 0 saturated heterocycles. The van der Waals surface area contributed by atoms with Crippen LogP contribution in [0.5, 0.6) is 11.5 Å². The molecule has 6 nitrogen and oxygen atoms in total. The number of rotatable bonds is 6. The average molecular weight is 394 g/mol. The minimum Gasteiger partial charge on any atom is -0.478 e. The van der Waals surface area contributed by atoms with E-state index in [0.29, 0.717) is 10.8 Å². The van der Waals surface area contributed by atoms with Gasteiger partial charge in [-0.25, -0.2) is 4.79 Å². The van der Waals surface area contributed by atoms with Crippen LogP contribution in [0.3, 0.4) is 0 Å². The first-order valence-corrected chi connectivity index (χ1v) is 8.31. The lowest BCUT2D eigenvalue weighted by Crippen LogP contribution is -2.31. The summed E-state index contributed by atoms with van der Waals surface area (Å²) in [6, 6.07) is 11.6. The van der Waals surface area contributed by atoms with Gasteiger partial charge in [0.05, 0.1) is 11.4 Å². The zero-order valence-electron chi connectivity index (χ0n) is 13.2. The van der Waals surface area contributed by atoms with Gasteiger partial charge in [0.1, 0.15) is 5.75 Å². The molecule has 8 heteroatoms. The van der Waals surface area contributed by atoms with Crippen LogP contribution < -0.4 is 9.47 Å². The minimum absolute atomic E-state index is 0.114. The second-order valence-corrected chi connectivity index (χ2v) is 6.24. The Morgan fingerprint density at radius 2 is 1.88 bits per heavy atom. The van der Waals surface area contributed by atoms with Crippen molar-refractivity contribution in [3.05, 3.63) is 58.7 Å². The van der Waals surface area contributed by atoms with E-state index >= 15 is 0 Å². The van der Waals surface area contributed by atoms with Crippen LogP contribution in [-0.2, 0) is 9.59 Å². The molecule has 0 bridgehead atoms. The summed E-state index contributed by atoms with van der Waals surface area (Å²) in [5, 5.41) is 10.6. The van der Waals surface area contributed by atoms with Crippen LogP contribution in [-0.4, -0.2) is 28.1 Å². The third-order valence-electron chi connectivity index (χ3n) is 3.57. The SMILES string of the molecule is O=C(CC(Oc1ccc(Cl)cc1Cl)C(=O)O)Oc1c[nH]c2ccccc12. The number of halogens is 2. The highest BCUT2D eigenvalue weighted by molar-refractivity contribution is 6.35. The zero-order chi connectivity index (χ0) is 18.7. The van der Waals surface area contributed by atoms with E-state index in [9.17, 15) is 14.7 Å². The number of carboxylic acids is 1. The number of hydrogen-bond acceptors (Lipinski definition) is 4. The summed E-state index contributed by atoms with van der Waals surface area (Å²) in [5.74, 6) is -1.62. The van der Waals surface area contributed by atoms with Crippen LogP contribution >= 0.6 is 23.2 Å².